The lowest BCUT2D eigenvalue weighted by Gasteiger charge is -2.43. The fourth-order valence-electron chi connectivity index (χ4n) is 3.64. The molecule has 4 nitrogen and oxygen atoms in total. The van der Waals surface area contributed by atoms with Crippen LogP contribution in [0, 0.1) is 5.92 Å². The molecule has 0 atom stereocenters. The zero-order valence-electron chi connectivity index (χ0n) is 13.2. The van der Waals surface area contributed by atoms with Crippen LogP contribution in [0.15, 0.2) is 0 Å². The largest absolute Gasteiger partial charge is 0.391 e. The van der Waals surface area contributed by atoms with Crippen LogP contribution >= 0.6 is 12.2 Å². The maximum atomic E-state index is 12.4. The molecule has 3 N–H and O–H groups in total. The van der Waals surface area contributed by atoms with Crippen LogP contribution in [-0.4, -0.2) is 29.1 Å². The highest BCUT2D eigenvalue weighted by molar-refractivity contribution is 7.80. The van der Waals surface area contributed by atoms with Crippen molar-refractivity contribution in [3.8, 4) is 0 Å². The van der Waals surface area contributed by atoms with Gasteiger partial charge in [0.05, 0.1) is 22.5 Å². The third-order valence-electron chi connectivity index (χ3n) is 5.57. The predicted molar refractivity (Wildman–Crippen MR) is 88.1 cm³/mol. The van der Waals surface area contributed by atoms with Gasteiger partial charge >= 0.3 is 0 Å². The number of nitrogens with one attached hydrogen (secondary N) is 1. The van der Waals surface area contributed by atoms with Crippen molar-refractivity contribution in [1.29, 1.82) is 0 Å². The van der Waals surface area contributed by atoms with Crippen LogP contribution in [0.2, 0.25) is 0 Å². The van der Waals surface area contributed by atoms with Gasteiger partial charge in [-0.1, -0.05) is 25.6 Å². The van der Waals surface area contributed by atoms with E-state index >= 15 is 0 Å². The Balaban J connectivity index is 1.97. The Kier molecular flexibility index (Phi) is 5.25. The summed E-state index contributed by atoms with van der Waals surface area (Å²) in [5.74, 6) is 0.764. The first-order valence-corrected chi connectivity index (χ1v) is 8.52. The quantitative estimate of drug-likeness (QED) is 0.740. The van der Waals surface area contributed by atoms with E-state index in [1.807, 2.05) is 0 Å². The first-order valence-electron chi connectivity index (χ1n) is 8.11. The molecule has 2 aliphatic rings. The van der Waals surface area contributed by atoms with Crippen LogP contribution in [-0.2, 0) is 9.53 Å². The van der Waals surface area contributed by atoms with Gasteiger partial charge in [0.1, 0.15) is 0 Å². The highest BCUT2D eigenvalue weighted by Crippen LogP contribution is 2.39. The zero-order chi connectivity index (χ0) is 15.5. The van der Waals surface area contributed by atoms with Crippen LogP contribution in [0.1, 0.15) is 64.7 Å². The summed E-state index contributed by atoms with van der Waals surface area (Å²) in [4.78, 5) is 12.9. The lowest BCUT2D eigenvalue weighted by molar-refractivity contribution is -0.135. The Morgan fingerprint density at radius 3 is 2.33 bits per heavy atom. The summed E-state index contributed by atoms with van der Waals surface area (Å²) in [5.41, 5.74) is 5.24. The summed E-state index contributed by atoms with van der Waals surface area (Å²) in [6, 6.07) is 0. The maximum absolute atomic E-state index is 12.4. The normalized spacial score (nSPS) is 31.2. The van der Waals surface area contributed by atoms with Crippen molar-refractivity contribution in [2.45, 2.75) is 75.9 Å². The molecule has 2 fully saturated rings. The molecule has 0 bridgehead atoms. The van der Waals surface area contributed by atoms with E-state index in [1.165, 1.54) is 6.42 Å². The van der Waals surface area contributed by atoms with E-state index in [1.54, 1.807) is 7.11 Å². The number of amides is 1. The van der Waals surface area contributed by atoms with E-state index in [9.17, 15) is 4.79 Å². The van der Waals surface area contributed by atoms with Crippen molar-refractivity contribution in [2.24, 2.45) is 11.7 Å². The number of nitrogens with two attached hydrogens (primary N) is 1. The molecule has 5 heteroatoms. The Morgan fingerprint density at radius 2 is 1.95 bits per heavy atom. The van der Waals surface area contributed by atoms with Crippen molar-refractivity contribution in [1.82, 2.24) is 5.32 Å². The summed E-state index contributed by atoms with van der Waals surface area (Å²) in [6.07, 6.45) is 8.59. The number of rotatable bonds is 6. The average Bonchev–Trinajstić information content (AvgIpc) is 2.43. The molecule has 0 spiro atoms. The SMILES string of the molecule is CCC1CCC(NC(=O)CC2(OC)CCC2)(C(N)=S)CC1. The number of carbonyl (C=O) groups excluding carboxylic acids is 1. The van der Waals surface area contributed by atoms with Crippen molar-refractivity contribution >= 4 is 23.1 Å². The fraction of sp³-hybridized carbons (Fsp3) is 0.875. The summed E-state index contributed by atoms with van der Waals surface area (Å²) in [6.45, 7) is 2.22. The van der Waals surface area contributed by atoms with E-state index in [4.69, 9.17) is 22.7 Å². The van der Waals surface area contributed by atoms with Crippen LogP contribution in [0.3, 0.4) is 0 Å². The van der Waals surface area contributed by atoms with E-state index in [0.29, 0.717) is 11.4 Å². The van der Waals surface area contributed by atoms with Gasteiger partial charge in [-0.2, -0.15) is 0 Å². The van der Waals surface area contributed by atoms with Gasteiger partial charge in [0, 0.05) is 7.11 Å². The topological polar surface area (TPSA) is 64.3 Å². The minimum Gasteiger partial charge on any atom is -0.391 e. The van der Waals surface area contributed by atoms with Gasteiger partial charge in [0.25, 0.3) is 0 Å². The molecule has 1 amide bonds. The Hall–Kier alpha value is -0.680. The van der Waals surface area contributed by atoms with E-state index in [0.717, 1.165) is 50.9 Å². The lowest BCUT2D eigenvalue weighted by Crippen LogP contribution is -2.59. The van der Waals surface area contributed by atoms with Crippen LogP contribution in [0.5, 0.6) is 0 Å². The van der Waals surface area contributed by atoms with E-state index in [2.05, 4.69) is 12.2 Å². The Bertz CT molecular complexity index is 394. The fourth-order valence-corrected chi connectivity index (χ4v) is 3.89. The molecule has 0 aromatic heterocycles. The number of methoxy groups -OCH3 is 1. The molecule has 120 valence electrons. The molecule has 2 rings (SSSR count). The third-order valence-corrected chi connectivity index (χ3v) is 5.96. The van der Waals surface area contributed by atoms with Gasteiger partial charge in [-0.05, 0) is 50.9 Å². The average molecular weight is 312 g/mol. The summed E-state index contributed by atoms with van der Waals surface area (Å²) in [7, 11) is 1.70. The molecule has 2 saturated carbocycles. The number of carbonyl (C=O) groups is 1. The zero-order valence-corrected chi connectivity index (χ0v) is 14.1. The summed E-state index contributed by atoms with van der Waals surface area (Å²) >= 11 is 5.26. The number of ether oxygens (including phenoxy) is 1. The molecule has 21 heavy (non-hydrogen) atoms. The first kappa shape index (κ1) is 16.7. The monoisotopic (exact) mass is 312 g/mol. The van der Waals surface area contributed by atoms with Crippen LogP contribution in [0.4, 0.5) is 0 Å². The maximum Gasteiger partial charge on any atom is 0.223 e. The molecule has 0 saturated heterocycles. The van der Waals surface area contributed by atoms with Gasteiger partial charge in [0.2, 0.25) is 5.91 Å². The molecule has 2 aliphatic carbocycles. The van der Waals surface area contributed by atoms with Gasteiger partial charge < -0.3 is 15.8 Å². The highest BCUT2D eigenvalue weighted by atomic mass is 32.1. The number of hydrogen-bond acceptors (Lipinski definition) is 3. The lowest BCUT2D eigenvalue weighted by atomic mass is 9.74. The smallest absolute Gasteiger partial charge is 0.223 e. The van der Waals surface area contributed by atoms with Crippen LogP contribution < -0.4 is 11.1 Å². The van der Waals surface area contributed by atoms with Gasteiger partial charge in [0.15, 0.2) is 0 Å². The van der Waals surface area contributed by atoms with Gasteiger partial charge in [-0.3, -0.25) is 4.79 Å². The summed E-state index contributed by atoms with van der Waals surface area (Å²) < 4.78 is 5.54. The molecular formula is C16H28N2O2S. The minimum absolute atomic E-state index is 0.0271. The second-order valence-electron chi connectivity index (χ2n) is 6.76. The van der Waals surface area contributed by atoms with Crippen molar-refractivity contribution in [3.63, 3.8) is 0 Å². The van der Waals surface area contributed by atoms with Crippen molar-refractivity contribution in [2.75, 3.05) is 7.11 Å². The highest BCUT2D eigenvalue weighted by Gasteiger charge is 2.43. The molecule has 0 unspecified atom stereocenters. The second-order valence-corrected chi connectivity index (χ2v) is 7.20. The van der Waals surface area contributed by atoms with E-state index in [-0.39, 0.29) is 11.5 Å². The van der Waals surface area contributed by atoms with Crippen molar-refractivity contribution in [3.05, 3.63) is 0 Å². The molecular weight excluding hydrogens is 284 g/mol. The van der Waals surface area contributed by atoms with Crippen molar-refractivity contribution < 1.29 is 9.53 Å². The molecule has 0 aliphatic heterocycles. The molecule has 0 aromatic carbocycles. The minimum atomic E-state index is -0.475. The second kappa shape index (κ2) is 6.61. The molecule has 0 radical (unpaired) electrons. The third kappa shape index (κ3) is 3.57. The van der Waals surface area contributed by atoms with Gasteiger partial charge in [-0.25, -0.2) is 0 Å². The Morgan fingerprint density at radius 1 is 1.33 bits per heavy atom. The molecule has 0 aromatic rings. The first-order chi connectivity index (χ1) is 9.95. The Labute approximate surface area is 133 Å². The standard InChI is InChI=1S/C16H28N2O2S/c1-3-12-5-9-16(10-6-12,14(17)21)18-13(19)11-15(20-2)7-4-8-15/h12H,3-11H2,1-2H3,(H2,17,21)(H,18,19). The molecule has 0 heterocycles. The van der Waals surface area contributed by atoms with E-state index < -0.39 is 5.54 Å². The number of thiocarbonyl (C=S) groups is 1. The van der Waals surface area contributed by atoms with Crippen LogP contribution in [0.25, 0.3) is 0 Å². The predicted octanol–water partition coefficient (Wildman–Crippen LogP) is 2.69. The summed E-state index contributed by atoms with van der Waals surface area (Å²) in [5, 5.41) is 3.15. The number of hydrogen-bond donors (Lipinski definition) is 2. The van der Waals surface area contributed by atoms with Gasteiger partial charge in [-0.15, -0.1) is 0 Å².